The van der Waals surface area contributed by atoms with Gasteiger partial charge in [-0.05, 0) is 54.4 Å². The third kappa shape index (κ3) is 4.17. The lowest BCUT2D eigenvalue weighted by atomic mass is 10.0. The van der Waals surface area contributed by atoms with Gasteiger partial charge in [0.15, 0.2) is 0 Å². The van der Waals surface area contributed by atoms with Crippen LogP contribution in [0.1, 0.15) is 12.0 Å². The number of ether oxygens (including phenoxy) is 1. The van der Waals surface area contributed by atoms with E-state index in [4.69, 9.17) is 16.3 Å². The monoisotopic (exact) mass is 394 g/mol. The summed E-state index contributed by atoms with van der Waals surface area (Å²) in [7, 11) is -2.11. The number of hydrogen-bond donors (Lipinski definition) is 1. The fourth-order valence-corrected chi connectivity index (χ4v) is 3.98. The van der Waals surface area contributed by atoms with Crippen LogP contribution in [-0.2, 0) is 21.2 Å². The van der Waals surface area contributed by atoms with Gasteiger partial charge in [0, 0.05) is 30.7 Å². The number of aryl methyl sites for hydroxylation is 1. The van der Waals surface area contributed by atoms with E-state index in [9.17, 15) is 13.2 Å². The lowest BCUT2D eigenvalue weighted by molar-refractivity contribution is -0.116. The lowest BCUT2D eigenvalue weighted by Crippen LogP contribution is -2.31. The SMILES string of the molecule is CN(CCOc1ccc(Cl)cc1)S(=O)(=O)c1ccc2c(c1)CCC(=O)N2. The maximum absolute atomic E-state index is 12.7. The summed E-state index contributed by atoms with van der Waals surface area (Å²) < 4.78 is 32.3. The van der Waals surface area contributed by atoms with E-state index in [0.29, 0.717) is 29.3 Å². The van der Waals surface area contributed by atoms with E-state index >= 15 is 0 Å². The predicted molar refractivity (Wildman–Crippen MR) is 100 cm³/mol. The van der Waals surface area contributed by atoms with Crippen molar-refractivity contribution in [2.75, 3.05) is 25.5 Å². The smallest absolute Gasteiger partial charge is 0.242 e. The highest BCUT2D eigenvalue weighted by molar-refractivity contribution is 7.89. The van der Waals surface area contributed by atoms with Crippen LogP contribution in [0.15, 0.2) is 47.4 Å². The Kier molecular flexibility index (Phi) is 5.50. The molecule has 0 spiro atoms. The van der Waals surface area contributed by atoms with Crippen molar-refractivity contribution in [3.05, 3.63) is 53.1 Å². The maximum Gasteiger partial charge on any atom is 0.242 e. The second-order valence-electron chi connectivity index (χ2n) is 6.00. The van der Waals surface area contributed by atoms with Crippen LogP contribution in [0.5, 0.6) is 5.75 Å². The molecule has 0 atom stereocenters. The van der Waals surface area contributed by atoms with Gasteiger partial charge < -0.3 is 10.1 Å². The minimum absolute atomic E-state index is 0.0513. The molecule has 0 fully saturated rings. The van der Waals surface area contributed by atoms with Crippen LogP contribution < -0.4 is 10.1 Å². The number of anilines is 1. The first-order valence-corrected chi connectivity index (χ1v) is 9.95. The van der Waals surface area contributed by atoms with E-state index in [1.54, 1.807) is 36.4 Å². The molecule has 0 saturated heterocycles. The molecule has 0 aliphatic carbocycles. The number of hydrogen-bond acceptors (Lipinski definition) is 4. The molecule has 2 aromatic rings. The highest BCUT2D eigenvalue weighted by Gasteiger charge is 2.23. The summed E-state index contributed by atoms with van der Waals surface area (Å²) in [5.41, 5.74) is 1.51. The van der Waals surface area contributed by atoms with Gasteiger partial charge in [-0.15, -0.1) is 0 Å². The minimum atomic E-state index is -3.63. The number of benzene rings is 2. The zero-order chi connectivity index (χ0) is 18.7. The Morgan fingerprint density at radius 2 is 1.88 bits per heavy atom. The second kappa shape index (κ2) is 7.65. The molecule has 0 unspecified atom stereocenters. The van der Waals surface area contributed by atoms with Crippen molar-refractivity contribution >= 4 is 33.2 Å². The summed E-state index contributed by atoms with van der Waals surface area (Å²) in [5, 5.41) is 3.36. The van der Waals surface area contributed by atoms with Gasteiger partial charge in [-0.2, -0.15) is 4.31 Å². The molecular weight excluding hydrogens is 376 g/mol. The van der Waals surface area contributed by atoms with Gasteiger partial charge in [0.1, 0.15) is 12.4 Å². The second-order valence-corrected chi connectivity index (χ2v) is 8.48. The van der Waals surface area contributed by atoms with E-state index in [1.807, 2.05) is 0 Å². The number of carbonyl (C=O) groups is 1. The molecule has 1 N–H and O–H groups in total. The molecular formula is C18H19ClN2O4S. The molecule has 6 nitrogen and oxygen atoms in total. The van der Waals surface area contributed by atoms with Crippen LogP contribution in [0.4, 0.5) is 5.69 Å². The van der Waals surface area contributed by atoms with Gasteiger partial charge in [-0.25, -0.2) is 8.42 Å². The third-order valence-corrected chi connectivity index (χ3v) is 6.27. The van der Waals surface area contributed by atoms with Crippen LogP contribution in [0.2, 0.25) is 5.02 Å². The number of nitrogens with zero attached hydrogens (tertiary/aromatic N) is 1. The average Bonchev–Trinajstić information content (AvgIpc) is 2.62. The molecule has 0 saturated carbocycles. The molecule has 3 rings (SSSR count). The van der Waals surface area contributed by atoms with Gasteiger partial charge in [0.05, 0.1) is 4.90 Å². The normalized spacial score (nSPS) is 14.0. The average molecular weight is 395 g/mol. The molecule has 1 aliphatic heterocycles. The predicted octanol–water partition coefficient (Wildman–Crippen LogP) is 2.92. The van der Waals surface area contributed by atoms with E-state index in [1.165, 1.54) is 17.4 Å². The summed E-state index contributed by atoms with van der Waals surface area (Å²) in [5.74, 6) is 0.578. The Labute approximate surface area is 157 Å². The van der Waals surface area contributed by atoms with Crippen molar-refractivity contribution in [2.24, 2.45) is 0 Å². The molecule has 1 aliphatic rings. The number of carbonyl (C=O) groups excluding carboxylic acids is 1. The fraction of sp³-hybridized carbons (Fsp3) is 0.278. The molecule has 138 valence electrons. The maximum atomic E-state index is 12.7. The molecule has 2 aromatic carbocycles. The first kappa shape index (κ1) is 18.7. The number of halogens is 1. The molecule has 0 bridgehead atoms. The van der Waals surface area contributed by atoms with Gasteiger partial charge in [0.25, 0.3) is 0 Å². The van der Waals surface area contributed by atoms with Crippen LogP contribution in [0, 0.1) is 0 Å². The zero-order valence-corrected chi connectivity index (χ0v) is 15.8. The number of rotatable bonds is 6. The highest BCUT2D eigenvalue weighted by Crippen LogP contribution is 2.26. The van der Waals surface area contributed by atoms with Crippen LogP contribution in [0.3, 0.4) is 0 Å². The molecule has 1 heterocycles. The minimum Gasteiger partial charge on any atom is -0.492 e. The van der Waals surface area contributed by atoms with E-state index in [-0.39, 0.29) is 24.0 Å². The first-order chi connectivity index (χ1) is 12.4. The van der Waals surface area contributed by atoms with Gasteiger partial charge in [-0.1, -0.05) is 11.6 Å². The Balaban J connectivity index is 1.65. The van der Waals surface area contributed by atoms with Crippen molar-refractivity contribution in [2.45, 2.75) is 17.7 Å². The summed E-state index contributed by atoms with van der Waals surface area (Å²) in [4.78, 5) is 11.6. The van der Waals surface area contributed by atoms with Crippen molar-refractivity contribution in [3.8, 4) is 5.75 Å². The van der Waals surface area contributed by atoms with Crippen molar-refractivity contribution in [1.82, 2.24) is 4.31 Å². The Morgan fingerprint density at radius 3 is 2.62 bits per heavy atom. The third-order valence-electron chi connectivity index (χ3n) is 4.17. The number of fused-ring (bicyclic) bond motifs is 1. The quantitative estimate of drug-likeness (QED) is 0.817. The van der Waals surface area contributed by atoms with Gasteiger partial charge in [0.2, 0.25) is 15.9 Å². The zero-order valence-electron chi connectivity index (χ0n) is 14.2. The molecule has 0 aromatic heterocycles. The van der Waals surface area contributed by atoms with E-state index < -0.39 is 10.0 Å². The topological polar surface area (TPSA) is 75.7 Å². The summed E-state index contributed by atoms with van der Waals surface area (Å²) in [6, 6.07) is 11.7. The largest absolute Gasteiger partial charge is 0.492 e. The Hall–Kier alpha value is -2.09. The van der Waals surface area contributed by atoms with E-state index in [2.05, 4.69) is 5.32 Å². The van der Waals surface area contributed by atoms with Crippen molar-refractivity contribution in [1.29, 1.82) is 0 Å². The summed E-state index contributed by atoms with van der Waals surface area (Å²) in [6.07, 6.45) is 0.898. The van der Waals surface area contributed by atoms with Crippen molar-refractivity contribution < 1.29 is 17.9 Å². The first-order valence-electron chi connectivity index (χ1n) is 8.14. The van der Waals surface area contributed by atoms with Gasteiger partial charge >= 0.3 is 0 Å². The molecule has 1 amide bonds. The highest BCUT2D eigenvalue weighted by atomic mass is 35.5. The van der Waals surface area contributed by atoms with Crippen LogP contribution in [0.25, 0.3) is 0 Å². The number of amides is 1. The summed E-state index contributed by atoms with van der Waals surface area (Å²) >= 11 is 5.82. The van der Waals surface area contributed by atoms with Crippen LogP contribution >= 0.6 is 11.6 Å². The number of nitrogens with one attached hydrogen (secondary N) is 1. The van der Waals surface area contributed by atoms with Gasteiger partial charge in [-0.3, -0.25) is 4.79 Å². The van der Waals surface area contributed by atoms with E-state index in [0.717, 1.165) is 5.56 Å². The molecule has 8 heteroatoms. The van der Waals surface area contributed by atoms with Crippen LogP contribution in [-0.4, -0.2) is 38.8 Å². The number of likely N-dealkylation sites (N-methyl/N-ethyl adjacent to an activating group) is 1. The van der Waals surface area contributed by atoms with Crippen molar-refractivity contribution in [3.63, 3.8) is 0 Å². The Morgan fingerprint density at radius 1 is 1.15 bits per heavy atom. The lowest BCUT2D eigenvalue weighted by Gasteiger charge is -2.21. The number of sulfonamides is 1. The fourth-order valence-electron chi connectivity index (χ4n) is 2.64. The molecule has 26 heavy (non-hydrogen) atoms. The summed E-state index contributed by atoms with van der Waals surface area (Å²) in [6.45, 7) is 0.428. The Bertz CT molecular complexity index is 913. The molecule has 0 radical (unpaired) electrons. The standard InChI is InChI=1S/C18H19ClN2O4S/c1-21(10-11-25-15-5-3-14(19)4-6-15)26(23,24)16-7-8-17-13(12-16)2-9-18(22)20-17/h3-8,12H,2,9-11H2,1H3,(H,20,22).